The van der Waals surface area contributed by atoms with E-state index >= 15 is 0 Å². The van der Waals surface area contributed by atoms with Gasteiger partial charge >= 0.3 is 0 Å². The van der Waals surface area contributed by atoms with E-state index in [1.54, 1.807) is 60.4 Å². The standard InChI is InChI=1S/C26H28N4O3/c1-3-24(31)28-22-16-14-20(15-17-22)27-18-25(32)29-21-12-10-19(11-13-21)26(33)30(4-2)23-8-6-5-7-9-23/h5-17,27H,3-4,18H2,1-2H3,(H,28,31)(H,29,32). The summed E-state index contributed by atoms with van der Waals surface area (Å²) in [5, 5.41) is 8.63. The molecule has 170 valence electrons. The van der Waals surface area contributed by atoms with Crippen molar-refractivity contribution in [2.24, 2.45) is 0 Å². The summed E-state index contributed by atoms with van der Waals surface area (Å²) in [5.74, 6) is -0.357. The third-order valence-electron chi connectivity index (χ3n) is 4.99. The highest BCUT2D eigenvalue weighted by Crippen LogP contribution is 2.18. The zero-order valence-electron chi connectivity index (χ0n) is 18.8. The molecular formula is C26H28N4O3. The molecule has 33 heavy (non-hydrogen) atoms. The Labute approximate surface area is 193 Å². The molecule has 0 radical (unpaired) electrons. The highest BCUT2D eigenvalue weighted by Gasteiger charge is 2.16. The number of carbonyl (C=O) groups excluding carboxylic acids is 3. The first-order valence-electron chi connectivity index (χ1n) is 10.9. The molecule has 3 rings (SSSR count). The Bertz CT molecular complexity index is 1080. The van der Waals surface area contributed by atoms with E-state index in [2.05, 4.69) is 16.0 Å². The molecule has 0 saturated heterocycles. The van der Waals surface area contributed by atoms with Gasteiger partial charge in [-0.3, -0.25) is 14.4 Å². The van der Waals surface area contributed by atoms with Gasteiger partial charge in [0.2, 0.25) is 11.8 Å². The maximum Gasteiger partial charge on any atom is 0.258 e. The lowest BCUT2D eigenvalue weighted by Crippen LogP contribution is -2.30. The van der Waals surface area contributed by atoms with Gasteiger partial charge in [-0.2, -0.15) is 0 Å². The molecule has 0 heterocycles. The number of nitrogens with one attached hydrogen (secondary N) is 3. The van der Waals surface area contributed by atoms with Crippen molar-refractivity contribution < 1.29 is 14.4 Å². The number of hydrogen-bond acceptors (Lipinski definition) is 4. The van der Waals surface area contributed by atoms with Crippen LogP contribution in [0.25, 0.3) is 0 Å². The second-order valence-electron chi connectivity index (χ2n) is 7.34. The Morgan fingerprint density at radius 2 is 1.24 bits per heavy atom. The minimum absolute atomic E-state index is 0.0507. The topological polar surface area (TPSA) is 90.5 Å². The van der Waals surface area contributed by atoms with Crippen LogP contribution >= 0.6 is 0 Å². The van der Waals surface area contributed by atoms with Gasteiger partial charge < -0.3 is 20.9 Å². The highest BCUT2D eigenvalue weighted by molar-refractivity contribution is 6.06. The molecular weight excluding hydrogens is 416 g/mol. The zero-order chi connectivity index (χ0) is 23.6. The van der Waals surface area contributed by atoms with Crippen molar-refractivity contribution in [2.45, 2.75) is 20.3 Å². The maximum absolute atomic E-state index is 12.9. The number of carbonyl (C=O) groups is 3. The first kappa shape index (κ1) is 23.5. The fourth-order valence-electron chi connectivity index (χ4n) is 3.21. The summed E-state index contributed by atoms with van der Waals surface area (Å²) in [5.41, 5.74) is 3.47. The van der Waals surface area contributed by atoms with Crippen molar-refractivity contribution in [3.8, 4) is 0 Å². The Kier molecular flexibility index (Phi) is 8.18. The molecule has 0 atom stereocenters. The first-order valence-corrected chi connectivity index (χ1v) is 10.9. The molecule has 3 aromatic rings. The monoisotopic (exact) mass is 444 g/mol. The molecule has 0 fully saturated rings. The zero-order valence-corrected chi connectivity index (χ0v) is 18.8. The molecule has 0 saturated carbocycles. The predicted octanol–water partition coefficient (Wildman–Crippen LogP) is 4.75. The highest BCUT2D eigenvalue weighted by atomic mass is 16.2. The minimum Gasteiger partial charge on any atom is -0.376 e. The smallest absolute Gasteiger partial charge is 0.258 e. The molecule has 0 aliphatic carbocycles. The van der Waals surface area contributed by atoms with Gasteiger partial charge in [0.15, 0.2) is 0 Å². The first-order chi connectivity index (χ1) is 16.0. The lowest BCUT2D eigenvalue weighted by molar-refractivity contribution is -0.116. The van der Waals surface area contributed by atoms with Crippen molar-refractivity contribution in [3.63, 3.8) is 0 Å². The van der Waals surface area contributed by atoms with Crippen LogP contribution in [0.5, 0.6) is 0 Å². The maximum atomic E-state index is 12.9. The van der Waals surface area contributed by atoms with Gasteiger partial charge in [0.05, 0.1) is 6.54 Å². The summed E-state index contributed by atoms with van der Waals surface area (Å²) >= 11 is 0. The van der Waals surface area contributed by atoms with Crippen molar-refractivity contribution in [1.29, 1.82) is 0 Å². The van der Waals surface area contributed by atoms with Crippen LogP contribution < -0.4 is 20.9 Å². The molecule has 3 N–H and O–H groups in total. The van der Waals surface area contributed by atoms with Gasteiger partial charge in [-0.1, -0.05) is 25.1 Å². The second-order valence-corrected chi connectivity index (χ2v) is 7.34. The average molecular weight is 445 g/mol. The third kappa shape index (κ3) is 6.67. The van der Waals surface area contributed by atoms with E-state index in [0.717, 1.165) is 11.4 Å². The van der Waals surface area contributed by atoms with Gasteiger partial charge in [-0.05, 0) is 67.6 Å². The summed E-state index contributed by atoms with van der Waals surface area (Å²) in [6.07, 6.45) is 0.416. The molecule has 7 heteroatoms. The van der Waals surface area contributed by atoms with Gasteiger partial charge in [0.1, 0.15) is 0 Å². The molecule has 0 aliphatic rings. The number of para-hydroxylation sites is 1. The number of benzene rings is 3. The number of hydrogen-bond donors (Lipinski definition) is 3. The number of rotatable bonds is 9. The summed E-state index contributed by atoms with van der Waals surface area (Å²) in [4.78, 5) is 38.3. The van der Waals surface area contributed by atoms with Crippen LogP contribution in [0.1, 0.15) is 30.6 Å². The minimum atomic E-state index is -0.211. The normalized spacial score (nSPS) is 10.2. The average Bonchev–Trinajstić information content (AvgIpc) is 2.85. The molecule has 7 nitrogen and oxygen atoms in total. The molecule has 3 aromatic carbocycles. The largest absolute Gasteiger partial charge is 0.376 e. The fourth-order valence-corrected chi connectivity index (χ4v) is 3.21. The Hall–Kier alpha value is -4.13. The van der Waals surface area contributed by atoms with Crippen LogP contribution in [-0.4, -0.2) is 30.8 Å². The van der Waals surface area contributed by atoms with Crippen molar-refractivity contribution >= 4 is 40.5 Å². The van der Waals surface area contributed by atoms with Crippen molar-refractivity contribution in [1.82, 2.24) is 0 Å². The van der Waals surface area contributed by atoms with Crippen molar-refractivity contribution in [2.75, 3.05) is 33.9 Å². The Morgan fingerprint density at radius 1 is 0.697 bits per heavy atom. The van der Waals surface area contributed by atoms with E-state index < -0.39 is 0 Å². The van der Waals surface area contributed by atoms with E-state index in [-0.39, 0.29) is 24.3 Å². The summed E-state index contributed by atoms with van der Waals surface area (Å²) < 4.78 is 0. The van der Waals surface area contributed by atoms with E-state index in [1.807, 2.05) is 37.3 Å². The van der Waals surface area contributed by atoms with Crippen LogP contribution in [0.15, 0.2) is 78.9 Å². The molecule has 0 spiro atoms. The van der Waals surface area contributed by atoms with Crippen molar-refractivity contribution in [3.05, 3.63) is 84.4 Å². The van der Waals surface area contributed by atoms with Crippen LogP contribution in [0.4, 0.5) is 22.7 Å². The van der Waals surface area contributed by atoms with Crippen LogP contribution in [-0.2, 0) is 9.59 Å². The summed E-state index contributed by atoms with van der Waals surface area (Å²) in [7, 11) is 0. The van der Waals surface area contributed by atoms with E-state index in [0.29, 0.717) is 29.9 Å². The lowest BCUT2D eigenvalue weighted by Gasteiger charge is -2.21. The number of anilines is 4. The van der Waals surface area contributed by atoms with Gasteiger partial charge in [0, 0.05) is 41.3 Å². The van der Waals surface area contributed by atoms with Crippen LogP contribution in [0, 0.1) is 0 Å². The van der Waals surface area contributed by atoms with Gasteiger partial charge in [-0.15, -0.1) is 0 Å². The Morgan fingerprint density at radius 3 is 1.82 bits per heavy atom. The molecule has 3 amide bonds. The van der Waals surface area contributed by atoms with Crippen LogP contribution in [0.3, 0.4) is 0 Å². The second kappa shape index (κ2) is 11.5. The predicted molar refractivity (Wildman–Crippen MR) is 133 cm³/mol. The fraction of sp³-hybridized carbons (Fsp3) is 0.192. The summed E-state index contributed by atoms with van der Waals surface area (Å²) in [6, 6.07) is 23.5. The third-order valence-corrected chi connectivity index (χ3v) is 4.99. The van der Waals surface area contributed by atoms with Crippen LogP contribution in [0.2, 0.25) is 0 Å². The van der Waals surface area contributed by atoms with E-state index in [4.69, 9.17) is 0 Å². The molecule has 0 aliphatic heterocycles. The number of nitrogens with zero attached hydrogens (tertiary/aromatic N) is 1. The molecule has 0 bridgehead atoms. The Balaban J connectivity index is 1.52. The lowest BCUT2D eigenvalue weighted by atomic mass is 10.1. The van der Waals surface area contributed by atoms with Gasteiger partial charge in [-0.25, -0.2) is 0 Å². The number of amides is 3. The quantitative estimate of drug-likeness (QED) is 0.444. The van der Waals surface area contributed by atoms with Gasteiger partial charge in [0.25, 0.3) is 5.91 Å². The SMILES string of the molecule is CCC(=O)Nc1ccc(NCC(=O)Nc2ccc(C(=O)N(CC)c3ccccc3)cc2)cc1. The molecule has 0 unspecified atom stereocenters. The van der Waals surface area contributed by atoms with E-state index in [1.165, 1.54) is 0 Å². The summed E-state index contributed by atoms with van der Waals surface area (Å²) in [6.45, 7) is 4.36. The molecule has 0 aromatic heterocycles. The van der Waals surface area contributed by atoms with E-state index in [9.17, 15) is 14.4 Å².